The van der Waals surface area contributed by atoms with E-state index in [4.69, 9.17) is 28.1 Å². The minimum absolute atomic E-state index is 0.0679. The van der Waals surface area contributed by atoms with Gasteiger partial charge in [-0.15, -0.1) is 0 Å². The van der Waals surface area contributed by atoms with Crippen LogP contribution in [0.2, 0.25) is 0 Å². The highest BCUT2D eigenvalue weighted by molar-refractivity contribution is 5.87. The molecule has 0 bridgehead atoms. The van der Waals surface area contributed by atoms with E-state index in [-0.39, 0.29) is 36.2 Å². The first kappa shape index (κ1) is 33.7. The lowest BCUT2D eigenvalue weighted by Gasteiger charge is -2.68. The molecule has 3 heterocycles. The number of epoxide rings is 1. The largest absolute Gasteiger partial charge is 0.472 e. The van der Waals surface area contributed by atoms with Crippen molar-refractivity contribution in [3.05, 3.63) is 35.8 Å². The molecule has 3 aliphatic carbocycles. The minimum Gasteiger partial charge on any atom is -0.472 e. The Labute approximate surface area is 277 Å². The standard InChI is InChI=1S/C37H50O10/c1-11-20(4)32(41)45-28-15-24-33(6,7)47-30(39)17-26(43-21(5)38)34(24,8)25-16-27(44-31(40)19(2)3)35(9)23(22-12-13-42-18-22)14-29-37(35,46-29)36(25,28)10/h11-13,18-19,23-29H,14-17H2,1-10H3/b20-11+. The Balaban J connectivity index is 1.61. The van der Waals surface area contributed by atoms with Crippen LogP contribution in [0.25, 0.3) is 0 Å². The average molecular weight is 655 g/mol. The van der Waals surface area contributed by atoms with Gasteiger partial charge in [0.2, 0.25) is 0 Å². The lowest BCUT2D eigenvalue weighted by molar-refractivity contribution is -0.284. The van der Waals surface area contributed by atoms with Crippen LogP contribution in [0.3, 0.4) is 0 Å². The number of ether oxygens (including phenoxy) is 5. The van der Waals surface area contributed by atoms with Gasteiger partial charge in [-0.1, -0.05) is 40.7 Å². The number of esters is 4. The quantitative estimate of drug-likeness (QED) is 0.154. The monoisotopic (exact) mass is 654 g/mol. The molecule has 0 aromatic carbocycles. The molecular weight excluding hydrogens is 604 g/mol. The molecule has 5 aliphatic rings. The molecule has 0 amide bonds. The van der Waals surface area contributed by atoms with Crippen molar-refractivity contribution in [3.8, 4) is 0 Å². The van der Waals surface area contributed by atoms with E-state index in [0.29, 0.717) is 24.8 Å². The SMILES string of the molecule is C/C=C(\C)C(=O)OC1CC2C(C)(C)OC(=O)CC(OC(C)=O)C2(C)C2CC(OC(=O)C(C)C)C3(C)C(c4ccoc4)CC4OC43C12C. The molecule has 11 atom stereocenters. The van der Waals surface area contributed by atoms with Gasteiger partial charge in [-0.2, -0.15) is 0 Å². The first-order valence-corrected chi connectivity index (χ1v) is 17.0. The maximum absolute atomic E-state index is 13.6. The van der Waals surface area contributed by atoms with E-state index >= 15 is 0 Å². The summed E-state index contributed by atoms with van der Waals surface area (Å²) in [4.78, 5) is 53.2. The highest BCUT2D eigenvalue weighted by Crippen LogP contribution is 2.82. The van der Waals surface area contributed by atoms with Gasteiger partial charge < -0.3 is 28.1 Å². The Morgan fingerprint density at radius 1 is 0.915 bits per heavy atom. The van der Waals surface area contributed by atoms with Crippen molar-refractivity contribution in [2.75, 3.05) is 0 Å². The number of hydrogen-bond acceptors (Lipinski definition) is 10. The van der Waals surface area contributed by atoms with Gasteiger partial charge in [0.05, 0.1) is 31.0 Å². The molecule has 10 heteroatoms. The van der Waals surface area contributed by atoms with E-state index < -0.39 is 69.6 Å². The van der Waals surface area contributed by atoms with Crippen molar-refractivity contribution < 1.29 is 47.3 Å². The molecule has 258 valence electrons. The van der Waals surface area contributed by atoms with Crippen molar-refractivity contribution in [1.82, 2.24) is 0 Å². The van der Waals surface area contributed by atoms with E-state index in [1.54, 1.807) is 32.4 Å². The van der Waals surface area contributed by atoms with E-state index in [0.717, 1.165) is 5.56 Å². The van der Waals surface area contributed by atoms with Crippen LogP contribution in [0.5, 0.6) is 0 Å². The molecule has 3 saturated carbocycles. The Morgan fingerprint density at radius 3 is 2.17 bits per heavy atom. The lowest BCUT2D eigenvalue weighted by Crippen LogP contribution is -2.74. The van der Waals surface area contributed by atoms with Gasteiger partial charge in [0.15, 0.2) is 0 Å². The summed E-state index contributed by atoms with van der Waals surface area (Å²) in [7, 11) is 0. The third kappa shape index (κ3) is 4.52. The van der Waals surface area contributed by atoms with Gasteiger partial charge in [-0.05, 0) is 64.5 Å². The van der Waals surface area contributed by atoms with Crippen molar-refractivity contribution >= 4 is 23.9 Å². The predicted molar refractivity (Wildman–Crippen MR) is 169 cm³/mol. The fraction of sp³-hybridized carbons (Fsp3) is 0.730. The second-order valence-corrected chi connectivity index (χ2v) is 16.0. The summed E-state index contributed by atoms with van der Waals surface area (Å²) in [5.74, 6) is -2.90. The van der Waals surface area contributed by atoms with Crippen LogP contribution in [0, 0.1) is 34.0 Å². The summed E-state index contributed by atoms with van der Waals surface area (Å²) in [6.45, 7) is 18.6. The fourth-order valence-electron chi connectivity index (χ4n) is 10.9. The highest BCUT2D eigenvalue weighted by Gasteiger charge is 2.90. The Hall–Kier alpha value is -3.14. The number of fused-ring (bicyclic) bond motifs is 3. The third-order valence-corrected chi connectivity index (χ3v) is 13.2. The Bertz CT molecular complexity index is 1490. The van der Waals surface area contributed by atoms with Gasteiger partial charge in [-0.3, -0.25) is 14.4 Å². The number of rotatable bonds is 6. The van der Waals surface area contributed by atoms with E-state index in [1.165, 1.54) is 6.92 Å². The van der Waals surface area contributed by atoms with E-state index in [1.807, 2.05) is 33.8 Å². The molecule has 10 nitrogen and oxygen atoms in total. The predicted octanol–water partition coefficient (Wildman–Crippen LogP) is 6.07. The van der Waals surface area contributed by atoms with Crippen LogP contribution in [0.15, 0.2) is 34.7 Å². The Kier molecular flexibility index (Phi) is 7.85. The van der Waals surface area contributed by atoms with Crippen LogP contribution in [0.4, 0.5) is 0 Å². The van der Waals surface area contributed by atoms with Gasteiger partial charge in [0.25, 0.3) is 0 Å². The van der Waals surface area contributed by atoms with Gasteiger partial charge in [0.1, 0.15) is 29.5 Å². The zero-order chi connectivity index (χ0) is 34.5. The summed E-state index contributed by atoms with van der Waals surface area (Å²) >= 11 is 0. The molecule has 47 heavy (non-hydrogen) atoms. The van der Waals surface area contributed by atoms with Gasteiger partial charge in [0, 0.05) is 40.6 Å². The summed E-state index contributed by atoms with van der Waals surface area (Å²) in [5, 5.41) is 0. The maximum atomic E-state index is 13.6. The van der Waals surface area contributed by atoms with Crippen molar-refractivity contribution in [1.29, 1.82) is 0 Å². The number of hydrogen-bond donors (Lipinski definition) is 0. The minimum atomic E-state index is -0.996. The number of carbonyl (C=O) groups excluding carboxylic acids is 4. The van der Waals surface area contributed by atoms with E-state index in [2.05, 4.69) is 20.8 Å². The van der Waals surface area contributed by atoms with Crippen LogP contribution in [-0.4, -0.2) is 59.5 Å². The van der Waals surface area contributed by atoms with Crippen LogP contribution in [-0.2, 0) is 42.9 Å². The number of allylic oxidation sites excluding steroid dienone is 1. The number of furan rings is 1. The second-order valence-electron chi connectivity index (χ2n) is 16.0. The average Bonchev–Trinajstić information content (AvgIpc) is 3.35. The first-order valence-electron chi connectivity index (χ1n) is 17.0. The number of carbonyl (C=O) groups is 4. The summed E-state index contributed by atoms with van der Waals surface area (Å²) < 4.78 is 37.8. The zero-order valence-corrected chi connectivity index (χ0v) is 29.3. The topological polar surface area (TPSA) is 131 Å². The van der Waals surface area contributed by atoms with Gasteiger partial charge >= 0.3 is 23.9 Å². The molecular formula is C37H50O10. The molecule has 2 saturated heterocycles. The molecule has 0 radical (unpaired) electrons. The van der Waals surface area contributed by atoms with Crippen molar-refractivity contribution in [2.45, 2.75) is 136 Å². The molecule has 5 fully saturated rings. The number of cyclic esters (lactones) is 1. The molecule has 6 rings (SSSR count). The molecule has 1 aromatic heterocycles. The zero-order valence-electron chi connectivity index (χ0n) is 29.3. The first-order chi connectivity index (χ1) is 21.9. The van der Waals surface area contributed by atoms with Gasteiger partial charge in [-0.25, -0.2) is 4.79 Å². The van der Waals surface area contributed by atoms with Crippen LogP contribution in [0.1, 0.15) is 106 Å². The Morgan fingerprint density at radius 2 is 1.57 bits per heavy atom. The smallest absolute Gasteiger partial charge is 0.333 e. The molecule has 2 aliphatic heterocycles. The van der Waals surface area contributed by atoms with Crippen LogP contribution < -0.4 is 0 Å². The molecule has 1 aromatic rings. The highest BCUT2D eigenvalue weighted by atomic mass is 16.6. The normalized spacial score (nSPS) is 43.3. The van der Waals surface area contributed by atoms with Crippen molar-refractivity contribution in [2.24, 2.45) is 34.0 Å². The summed E-state index contributed by atoms with van der Waals surface area (Å²) in [6.07, 6.45) is 4.12. The molecule has 1 spiro atoms. The molecule has 11 unspecified atom stereocenters. The third-order valence-electron chi connectivity index (χ3n) is 13.2. The maximum Gasteiger partial charge on any atom is 0.333 e. The fourth-order valence-corrected chi connectivity index (χ4v) is 10.9. The van der Waals surface area contributed by atoms with Crippen LogP contribution >= 0.6 is 0 Å². The molecule has 0 N–H and O–H groups in total. The summed E-state index contributed by atoms with van der Waals surface area (Å²) in [6, 6.07) is 1.96. The van der Waals surface area contributed by atoms with Crippen molar-refractivity contribution in [3.63, 3.8) is 0 Å². The second kappa shape index (κ2) is 10.9. The van der Waals surface area contributed by atoms with E-state index in [9.17, 15) is 19.2 Å². The summed E-state index contributed by atoms with van der Waals surface area (Å²) in [5.41, 5.74) is -2.83. The lowest BCUT2D eigenvalue weighted by atomic mass is 9.37.